The van der Waals surface area contributed by atoms with E-state index in [1.807, 2.05) is 12.1 Å². The fourth-order valence-electron chi connectivity index (χ4n) is 3.06. The van der Waals surface area contributed by atoms with Crippen molar-refractivity contribution in [2.75, 3.05) is 60.0 Å². The van der Waals surface area contributed by atoms with E-state index in [1.54, 1.807) is 7.11 Å². The van der Waals surface area contributed by atoms with Crippen LogP contribution in [0.5, 0.6) is 5.75 Å². The van der Waals surface area contributed by atoms with Crippen LogP contribution in [-0.4, -0.2) is 81.8 Å². The first-order valence-corrected chi connectivity index (χ1v) is 9.70. The first-order valence-electron chi connectivity index (χ1n) is 9.70. The summed E-state index contributed by atoms with van der Waals surface area (Å²) in [6, 6.07) is 8.71. The van der Waals surface area contributed by atoms with E-state index in [4.69, 9.17) is 9.73 Å². The van der Waals surface area contributed by atoms with Crippen molar-refractivity contribution in [3.05, 3.63) is 29.8 Å². The number of rotatable bonds is 8. The molecule has 0 aromatic heterocycles. The summed E-state index contributed by atoms with van der Waals surface area (Å²) in [6.45, 7) is 11.5. The van der Waals surface area contributed by atoms with E-state index < -0.39 is 0 Å². The lowest BCUT2D eigenvalue weighted by Gasteiger charge is -2.35. The smallest absolute Gasteiger partial charge is 0.191 e. The number of halogens is 1. The second-order valence-corrected chi connectivity index (χ2v) is 6.93. The van der Waals surface area contributed by atoms with Gasteiger partial charge in [0.1, 0.15) is 5.75 Å². The van der Waals surface area contributed by atoms with Crippen molar-refractivity contribution in [2.45, 2.75) is 26.3 Å². The maximum atomic E-state index is 5.20. The molecule has 0 amide bonds. The summed E-state index contributed by atoms with van der Waals surface area (Å²) in [5.41, 5.74) is 1.29. The van der Waals surface area contributed by atoms with Gasteiger partial charge in [0.2, 0.25) is 0 Å². The molecule has 1 aromatic carbocycles. The zero-order chi connectivity index (χ0) is 18.8. The third-order valence-electron chi connectivity index (χ3n) is 4.88. The maximum Gasteiger partial charge on any atom is 0.191 e. The summed E-state index contributed by atoms with van der Waals surface area (Å²) in [5, 5.41) is 6.79. The average Bonchev–Trinajstić information content (AvgIpc) is 2.67. The molecule has 0 saturated carbocycles. The van der Waals surface area contributed by atoms with Gasteiger partial charge in [-0.15, -0.1) is 24.0 Å². The highest BCUT2D eigenvalue weighted by molar-refractivity contribution is 14.0. The van der Waals surface area contributed by atoms with Crippen molar-refractivity contribution in [1.82, 2.24) is 20.4 Å². The number of guanidine groups is 1. The molecule has 0 bridgehead atoms. The predicted octanol–water partition coefficient (Wildman–Crippen LogP) is 2.05. The number of nitrogens with one attached hydrogen (secondary N) is 2. The van der Waals surface area contributed by atoms with Crippen molar-refractivity contribution in [3.63, 3.8) is 0 Å². The third-order valence-corrected chi connectivity index (χ3v) is 4.88. The molecule has 1 aromatic rings. The van der Waals surface area contributed by atoms with Crippen molar-refractivity contribution in [1.29, 1.82) is 0 Å². The maximum absolute atomic E-state index is 5.20. The van der Waals surface area contributed by atoms with Crippen LogP contribution >= 0.6 is 24.0 Å². The minimum absolute atomic E-state index is 0. The molecule has 1 saturated heterocycles. The second kappa shape index (κ2) is 13.2. The van der Waals surface area contributed by atoms with Gasteiger partial charge in [0.05, 0.1) is 13.7 Å². The lowest BCUT2D eigenvalue weighted by molar-refractivity contribution is 0.122. The van der Waals surface area contributed by atoms with Crippen LogP contribution in [0.3, 0.4) is 0 Å². The fraction of sp³-hybridized carbons (Fsp3) is 0.650. The van der Waals surface area contributed by atoms with E-state index in [9.17, 15) is 0 Å². The van der Waals surface area contributed by atoms with E-state index in [1.165, 1.54) is 5.56 Å². The van der Waals surface area contributed by atoms with Gasteiger partial charge in [-0.3, -0.25) is 9.89 Å². The van der Waals surface area contributed by atoms with Crippen molar-refractivity contribution >= 4 is 29.9 Å². The summed E-state index contributed by atoms with van der Waals surface area (Å²) < 4.78 is 5.20. The largest absolute Gasteiger partial charge is 0.497 e. The number of benzene rings is 1. The zero-order valence-electron chi connectivity index (χ0n) is 17.2. The highest BCUT2D eigenvalue weighted by Crippen LogP contribution is 2.11. The van der Waals surface area contributed by atoms with Gasteiger partial charge < -0.3 is 20.3 Å². The number of piperazine rings is 1. The highest BCUT2D eigenvalue weighted by Gasteiger charge is 2.18. The monoisotopic (exact) mass is 489 g/mol. The fourth-order valence-corrected chi connectivity index (χ4v) is 3.06. The molecule has 27 heavy (non-hydrogen) atoms. The van der Waals surface area contributed by atoms with Gasteiger partial charge >= 0.3 is 0 Å². The lowest BCUT2D eigenvalue weighted by atomic mass is 10.1. The Morgan fingerprint density at radius 1 is 1.15 bits per heavy atom. The molecule has 2 N–H and O–H groups in total. The molecular formula is C20H36IN5O. The summed E-state index contributed by atoms with van der Waals surface area (Å²) in [5.74, 6) is 1.80. The van der Waals surface area contributed by atoms with Crippen LogP contribution in [0.1, 0.15) is 19.4 Å². The molecule has 0 aliphatic carbocycles. The second-order valence-electron chi connectivity index (χ2n) is 6.93. The number of ether oxygens (including phenoxy) is 1. The quantitative estimate of drug-likeness (QED) is 0.333. The molecule has 2 rings (SSSR count). The van der Waals surface area contributed by atoms with Gasteiger partial charge in [-0.1, -0.05) is 12.1 Å². The lowest BCUT2D eigenvalue weighted by Crippen LogP contribution is -2.49. The Labute approximate surface area is 181 Å². The minimum atomic E-state index is 0. The molecule has 1 atom stereocenters. The van der Waals surface area contributed by atoms with Crippen molar-refractivity contribution in [2.24, 2.45) is 4.99 Å². The molecule has 1 fully saturated rings. The normalized spacial score (nSPS) is 17.1. The molecule has 0 radical (unpaired) electrons. The van der Waals surface area contributed by atoms with Crippen LogP contribution in [0.15, 0.2) is 29.3 Å². The number of hydrogen-bond acceptors (Lipinski definition) is 4. The first kappa shape index (κ1) is 24.0. The molecule has 1 aliphatic rings. The van der Waals surface area contributed by atoms with Crippen LogP contribution < -0.4 is 15.4 Å². The van der Waals surface area contributed by atoms with Crippen LogP contribution in [0.25, 0.3) is 0 Å². The van der Waals surface area contributed by atoms with Gasteiger partial charge in [-0.2, -0.15) is 0 Å². The molecule has 6 nitrogen and oxygen atoms in total. The summed E-state index contributed by atoms with van der Waals surface area (Å²) in [4.78, 5) is 9.70. The molecule has 1 unspecified atom stereocenters. The predicted molar refractivity (Wildman–Crippen MR) is 125 cm³/mol. The Bertz CT molecular complexity index is 544. The van der Waals surface area contributed by atoms with Crippen LogP contribution in [0.2, 0.25) is 0 Å². The number of likely N-dealkylation sites (N-methyl/N-ethyl adjacent to an activating group) is 1. The number of nitrogens with zero attached hydrogens (tertiary/aromatic N) is 3. The van der Waals surface area contributed by atoms with E-state index >= 15 is 0 Å². The van der Waals surface area contributed by atoms with Gasteiger partial charge in [0.15, 0.2) is 5.96 Å². The van der Waals surface area contributed by atoms with E-state index in [0.717, 1.165) is 63.9 Å². The van der Waals surface area contributed by atoms with E-state index in [-0.39, 0.29) is 24.0 Å². The first-order chi connectivity index (χ1) is 12.6. The molecule has 154 valence electrons. The van der Waals surface area contributed by atoms with Crippen molar-refractivity contribution in [3.8, 4) is 5.75 Å². The highest BCUT2D eigenvalue weighted by atomic mass is 127. The number of hydrogen-bond donors (Lipinski definition) is 2. The molecule has 0 spiro atoms. The number of methoxy groups -OCH3 is 1. The Morgan fingerprint density at radius 2 is 1.81 bits per heavy atom. The third kappa shape index (κ3) is 8.66. The summed E-state index contributed by atoms with van der Waals surface area (Å²) in [7, 11) is 3.88. The Hall–Kier alpha value is -1.06. The number of aliphatic imine (C=N–C) groups is 1. The molecule has 1 heterocycles. The van der Waals surface area contributed by atoms with Crippen LogP contribution in [-0.2, 0) is 6.42 Å². The van der Waals surface area contributed by atoms with Crippen LogP contribution in [0, 0.1) is 0 Å². The van der Waals surface area contributed by atoms with E-state index in [0.29, 0.717) is 6.04 Å². The Balaban J connectivity index is 0.00000364. The molecular weight excluding hydrogens is 453 g/mol. The van der Waals surface area contributed by atoms with E-state index in [2.05, 4.69) is 53.5 Å². The van der Waals surface area contributed by atoms with Gasteiger partial charge in [-0.05, 0) is 45.0 Å². The topological polar surface area (TPSA) is 52.1 Å². The molecule has 7 heteroatoms. The SMILES string of the molecule is CCNC(=NCC(C)N1CCN(C)CC1)NCCc1ccc(OC)cc1.I. The average molecular weight is 489 g/mol. The minimum Gasteiger partial charge on any atom is -0.497 e. The van der Waals surface area contributed by atoms with Gasteiger partial charge in [-0.25, -0.2) is 0 Å². The molecule has 1 aliphatic heterocycles. The zero-order valence-corrected chi connectivity index (χ0v) is 19.5. The van der Waals surface area contributed by atoms with Gasteiger partial charge in [0.25, 0.3) is 0 Å². The van der Waals surface area contributed by atoms with Crippen molar-refractivity contribution < 1.29 is 4.74 Å². The van der Waals surface area contributed by atoms with Crippen LogP contribution in [0.4, 0.5) is 0 Å². The Kier molecular flexibility index (Phi) is 11.7. The van der Waals surface area contributed by atoms with Gasteiger partial charge in [0, 0.05) is 45.3 Å². The standard InChI is InChI=1S/C20H35N5O.HI/c1-5-21-20(22-11-10-18-6-8-19(26-4)9-7-18)23-16-17(2)25-14-12-24(3)13-15-25;/h6-9,17H,5,10-16H2,1-4H3,(H2,21,22,23);1H. The summed E-state index contributed by atoms with van der Waals surface area (Å²) in [6.07, 6.45) is 0.961. The summed E-state index contributed by atoms with van der Waals surface area (Å²) >= 11 is 0. The Morgan fingerprint density at radius 3 is 2.41 bits per heavy atom.